The smallest absolute Gasteiger partial charge is 0.207 e. The van der Waals surface area contributed by atoms with E-state index in [1.807, 2.05) is 6.92 Å². The molecule has 0 amide bonds. The van der Waals surface area contributed by atoms with Gasteiger partial charge in [-0.1, -0.05) is 19.1 Å². The predicted molar refractivity (Wildman–Crippen MR) is 77.5 cm³/mol. The molecule has 0 aliphatic heterocycles. The minimum Gasteiger partial charge on any atom is -0.207 e. The summed E-state index contributed by atoms with van der Waals surface area (Å²) in [5.74, 6) is 0.536. The second-order valence-electron chi connectivity index (χ2n) is 5.29. The topological polar surface area (TPSA) is 61.2 Å². The van der Waals surface area contributed by atoms with Gasteiger partial charge in [0, 0.05) is 13.1 Å². The van der Waals surface area contributed by atoms with E-state index in [0.717, 1.165) is 24.8 Å². The Labute approximate surface area is 121 Å². The molecule has 0 saturated heterocycles. The normalized spacial score (nSPS) is 15.2. The van der Waals surface area contributed by atoms with Crippen LogP contribution >= 0.6 is 0 Å². The first-order valence-corrected chi connectivity index (χ1v) is 8.48. The fourth-order valence-corrected chi connectivity index (χ4v) is 3.78. The van der Waals surface area contributed by atoms with Crippen molar-refractivity contribution in [2.45, 2.75) is 37.5 Å². The molecule has 1 aromatic rings. The summed E-state index contributed by atoms with van der Waals surface area (Å²) in [5, 5.41) is 8.64. The third-order valence-electron chi connectivity index (χ3n) is 3.48. The second-order valence-corrected chi connectivity index (χ2v) is 7.22. The van der Waals surface area contributed by atoms with Crippen LogP contribution in [0.4, 0.5) is 0 Å². The van der Waals surface area contributed by atoms with Crippen LogP contribution in [0.15, 0.2) is 29.2 Å². The molecule has 20 heavy (non-hydrogen) atoms. The average Bonchev–Trinajstić information content (AvgIpc) is 3.23. The SMILES string of the molecule is CCCN(CC1CC1)S(=O)(=O)c1ccc(CC#N)cc1. The molecule has 1 aliphatic carbocycles. The average molecular weight is 292 g/mol. The van der Waals surface area contributed by atoms with Crippen LogP contribution in [0.5, 0.6) is 0 Å². The maximum absolute atomic E-state index is 12.6. The van der Waals surface area contributed by atoms with Gasteiger partial charge < -0.3 is 0 Å². The first-order valence-electron chi connectivity index (χ1n) is 7.04. The molecule has 2 rings (SSSR count). The van der Waals surface area contributed by atoms with E-state index in [1.165, 1.54) is 0 Å². The van der Waals surface area contributed by atoms with Gasteiger partial charge in [0.05, 0.1) is 17.4 Å². The molecular formula is C15H20N2O2S. The van der Waals surface area contributed by atoms with Crippen molar-refractivity contribution in [3.8, 4) is 6.07 Å². The van der Waals surface area contributed by atoms with Crippen molar-refractivity contribution in [2.75, 3.05) is 13.1 Å². The zero-order valence-electron chi connectivity index (χ0n) is 11.7. The van der Waals surface area contributed by atoms with Crippen LogP contribution in [-0.4, -0.2) is 25.8 Å². The van der Waals surface area contributed by atoms with Crippen LogP contribution in [0.3, 0.4) is 0 Å². The Morgan fingerprint density at radius 1 is 1.30 bits per heavy atom. The molecule has 0 atom stereocenters. The van der Waals surface area contributed by atoms with Crippen LogP contribution < -0.4 is 0 Å². The molecule has 1 fully saturated rings. The Kier molecular flexibility index (Phi) is 4.79. The van der Waals surface area contributed by atoms with E-state index in [9.17, 15) is 8.42 Å². The Morgan fingerprint density at radius 2 is 1.95 bits per heavy atom. The number of rotatable bonds is 7. The van der Waals surface area contributed by atoms with Gasteiger partial charge in [-0.05, 0) is 42.9 Å². The highest BCUT2D eigenvalue weighted by Crippen LogP contribution is 2.31. The van der Waals surface area contributed by atoms with Crippen molar-refractivity contribution in [2.24, 2.45) is 5.92 Å². The molecule has 0 heterocycles. The molecule has 0 radical (unpaired) electrons. The Hall–Kier alpha value is -1.38. The molecule has 1 aromatic carbocycles. The summed E-state index contributed by atoms with van der Waals surface area (Å²) in [5.41, 5.74) is 0.843. The molecule has 1 aliphatic rings. The zero-order chi connectivity index (χ0) is 14.6. The molecule has 1 saturated carbocycles. The first-order chi connectivity index (χ1) is 9.57. The molecule has 0 unspecified atom stereocenters. The third-order valence-corrected chi connectivity index (χ3v) is 5.36. The van der Waals surface area contributed by atoms with Crippen molar-refractivity contribution in [1.82, 2.24) is 4.31 Å². The quantitative estimate of drug-likeness (QED) is 0.776. The summed E-state index contributed by atoms with van der Waals surface area (Å²) in [6.45, 7) is 3.19. The summed E-state index contributed by atoms with van der Waals surface area (Å²) < 4.78 is 26.8. The summed E-state index contributed by atoms with van der Waals surface area (Å²) in [7, 11) is -3.40. The number of nitriles is 1. The lowest BCUT2D eigenvalue weighted by atomic mass is 10.2. The summed E-state index contributed by atoms with van der Waals surface area (Å²) in [6.07, 6.45) is 3.40. The predicted octanol–water partition coefficient (Wildman–Crippen LogP) is 2.56. The summed E-state index contributed by atoms with van der Waals surface area (Å²) in [6, 6.07) is 8.72. The molecule has 108 valence electrons. The van der Waals surface area contributed by atoms with E-state index in [2.05, 4.69) is 6.07 Å². The highest BCUT2D eigenvalue weighted by molar-refractivity contribution is 7.89. The maximum atomic E-state index is 12.6. The van der Waals surface area contributed by atoms with E-state index in [0.29, 0.717) is 30.3 Å². The van der Waals surface area contributed by atoms with Gasteiger partial charge in [0.25, 0.3) is 0 Å². The maximum Gasteiger partial charge on any atom is 0.243 e. The van der Waals surface area contributed by atoms with E-state index in [-0.39, 0.29) is 0 Å². The fourth-order valence-electron chi connectivity index (χ4n) is 2.17. The van der Waals surface area contributed by atoms with Crippen LogP contribution in [0.25, 0.3) is 0 Å². The largest absolute Gasteiger partial charge is 0.243 e. The minimum absolute atomic E-state index is 0.307. The molecule has 0 spiro atoms. The highest BCUT2D eigenvalue weighted by atomic mass is 32.2. The lowest BCUT2D eigenvalue weighted by Gasteiger charge is -2.21. The molecule has 0 bridgehead atoms. The van der Waals surface area contributed by atoms with Gasteiger partial charge in [-0.15, -0.1) is 0 Å². The fraction of sp³-hybridized carbons (Fsp3) is 0.533. The van der Waals surface area contributed by atoms with Crippen molar-refractivity contribution >= 4 is 10.0 Å². The van der Waals surface area contributed by atoms with Crippen molar-refractivity contribution in [3.05, 3.63) is 29.8 Å². The van der Waals surface area contributed by atoms with Crippen molar-refractivity contribution < 1.29 is 8.42 Å². The third kappa shape index (κ3) is 3.59. The van der Waals surface area contributed by atoms with Crippen LogP contribution in [0.1, 0.15) is 31.7 Å². The van der Waals surface area contributed by atoms with E-state index < -0.39 is 10.0 Å². The monoisotopic (exact) mass is 292 g/mol. The van der Waals surface area contributed by atoms with Gasteiger partial charge >= 0.3 is 0 Å². The van der Waals surface area contributed by atoms with Crippen molar-refractivity contribution in [3.63, 3.8) is 0 Å². The van der Waals surface area contributed by atoms with Gasteiger partial charge in [0.2, 0.25) is 10.0 Å². The molecule has 4 nitrogen and oxygen atoms in total. The van der Waals surface area contributed by atoms with Gasteiger partial charge in [-0.25, -0.2) is 8.42 Å². The van der Waals surface area contributed by atoms with Gasteiger partial charge in [0.1, 0.15) is 0 Å². The van der Waals surface area contributed by atoms with Crippen molar-refractivity contribution in [1.29, 1.82) is 5.26 Å². The Morgan fingerprint density at radius 3 is 2.45 bits per heavy atom. The van der Waals surface area contributed by atoms with E-state index in [4.69, 9.17) is 5.26 Å². The molecule has 5 heteroatoms. The highest BCUT2D eigenvalue weighted by Gasteiger charge is 2.31. The van der Waals surface area contributed by atoms with Gasteiger partial charge in [0.15, 0.2) is 0 Å². The first kappa shape index (κ1) is 15.0. The van der Waals surface area contributed by atoms with Crippen LogP contribution in [0, 0.1) is 17.2 Å². The van der Waals surface area contributed by atoms with Gasteiger partial charge in [-0.2, -0.15) is 9.57 Å². The molecule has 0 N–H and O–H groups in total. The lowest BCUT2D eigenvalue weighted by Crippen LogP contribution is -2.33. The second kappa shape index (κ2) is 6.38. The van der Waals surface area contributed by atoms with E-state index >= 15 is 0 Å². The number of hydrogen-bond donors (Lipinski definition) is 0. The van der Waals surface area contributed by atoms with E-state index in [1.54, 1.807) is 28.6 Å². The number of nitrogens with zero attached hydrogens (tertiary/aromatic N) is 2. The minimum atomic E-state index is -3.40. The van der Waals surface area contributed by atoms with Crippen LogP contribution in [-0.2, 0) is 16.4 Å². The number of hydrogen-bond acceptors (Lipinski definition) is 3. The Balaban J connectivity index is 2.19. The zero-order valence-corrected chi connectivity index (χ0v) is 12.6. The standard InChI is InChI=1S/C15H20N2O2S/c1-2-11-17(12-14-3-4-14)20(18,19)15-7-5-13(6-8-15)9-10-16/h5-8,14H,2-4,9,11-12H2,1H3. The molecular weight excluding hydrogens is 272 g/mol. The summed E-state index contributed by atoms with van der Waals surface area (Å²) in [4.78, 5) is 0.327. The Bertz CT molecular complexity index is 583. The lowest BCUT2D eigenvalue weighted by molar-refractivity contribution is 0.395. The number of benzene rings is 1. The molecule has 0 aromatic heterocycles. The van der Waals surface area contributed by atoms with Crippen LogP contribution in [0.2, 0.25) is 0 Å². The summed E-state index contributed by atoms with van der Waals surface area (Å²) >= 11 is 0. The number of sulfonamides is 1. The van der Waals surface area contributed by atoms with Gasteiger partial charge in [-0.3, -0.25) is 0 Å².